The third-order valence-corrected chi connectivity index (χ3v) is 7.40. The van der Waals surface area contributed by atoms with Crippen LogP contribution in [0.4, 0.5) is 11.5 Å². The summed E-state index contributed by atoms with van der Waals surface area (Å²) in [7, 11) is 3.43. The number of fused-ring (bicyclic) bond motifs is 1. The molecule has 1 fully saturated rings. The van der Waals surface area contributed by atoms with Crippen molar-refractivity contribution in [3.63, 3.8) is 0 Å². The molecule has 0 radical (unpaired) electrons. The number of hydrogen-bond acceptors (Lipinski definition) is 8. The molecule has 5 rings (SSSR count). The fraction of sp³-hybridized carbons (Fsp3) is 0.333. The summed E-state index contributed by atoms with van der Waals surface area (Å²) in [4.78, 5) is 15.0. The second-order valence-electron chi connectivity index (χ2n) is 8.56. The van der Waals surface area contributed by atoms with E-state index < -0.39 is 0 Å². The van der Waals surface area contributed by atoms with Crippen molar-refractivity contribution in [3.8, 4) is 22.6 Å². The van der Waals surface area contributed by atoms with Crippen molar-refractivity contribution in [3.05, 3.63) is 60.2 Å². The van der Waals surface area contributed by atoms with E-state index in [2.05, 4.69) is 54.7 Å². The van der Waals surface area contributed by atoms with E-state index in [0.29, 0.717) is 0 Å². The molecule has 2 aromatic heterocycles. The molecular weight excluding hydrogens is 458 g/mol. The minimum atomic E-state index is 0.853. The first kappa shape index (κ1) is 23.4. The summed E-state index contributed by atoms with van der Waals surface area (Å²) in [6, 6.07) is 16.4. The molecule has 3 heterocycles. The Kier molecular flexibility index (Phi) is 7.30. The zero-order valence-electron chi connectivity index (χ0n) is 20.2. The summed E-state index contributed by atoms with van der Waals surface area (Å²) in [5.41, 5.74) is 3.48. The van der Waals surface area contributed by atoms with Gasteiger partial charge in [-0.15, -0.1) is 11.3 Å². The predicted molar refractivity (Wildman–Crippen MR) is 144 cm³/mol. The largest absolute Gasteiger partial charge is 0.497 e. The molecule has 0 amide bonds. The molecule has 35 heavy (non-hydrogen) atoms. The SMILES string of the molecule is COc1ccc(-c2csc3ncnc(NCCCN4CCN(c5ccccc5OC)CC4)c23)cc1. The highest BCUT2D eigenvalue weighted by atomic mass is 32.1. The molecule has 2 aromatic carbocycles. The topological polar surface area (TPSA) is 62.8 Å². The second kappa shape index (κ2) is 10.9. The molecule has 0 spiro atoms. The number of aromatic nitrogens is 2. The third kappa shape index (κ3) is 5.18. The summed E-state index contributed by atoms with van der Waals surface area (Å²) in [5, 5.41) is 6.82. The van der Waals surface area contributed by atoms with Crippen molar-refractivity contribution >= 4 is 33.1 Å². The summed E-state index contributed by atoms with van der Waals surface area (Å²) < 4.78 is 10.8. The van der Waals surface area contributed by atoms with Crippen LogP contribution in [0.1, 0.15) is 6.42 Å². The summed E-state index contributed by atoms with van der Waals surface area (Å²) in [6.07, 6.45) is 2.71. The number of anilines is 2. The van der Waals surface area contributed by atoms with E-state index in [9.17, 15) is 0 Å². The van der Waals surface area contributed by atoms with Gasteiger partial charge < -0.3 is 19.7 Å². The Morgan fingerprint density at radius 1 is 0.943 bits per heavy atom. The molecule has 0 saturated carbocycles. The van der Waals surface area contributed by atoms with E-state index in [1.165, 1.54) is 5.69 Å². The van der Waals surface area contributed by atoms with Crippen molar-refractivity contribution in [1.82, 2.24) is 14.9 Å². The van der Waals surface area contributed by atoms with Crippen LogP contribution < -0.4 is 19.7 Å². The molecule has 0 unspecified atom stereocenters. The van der Waals surface area contributed by atoms with Gasteiger partial charge >= 0.3 is 0 Å². The van der Waals surface area contributed by atoms with Gasteiger partial charge in [0.1, 0.15) is 28.5 Å². The fourth-order valence-electron chi connectivity index (χ4n) is 4.61. The first-order valence-electron chi connectivity index (χ1n) is 12.0. The Hall–Kier alpha value is -3.36. The minimum absolute atomic E-state index is 0.853. The van der Waals surface area contributed by atoms with Crippen LogP contribution in [-0.4, -0.2) is 68.4 Å². The zero-order chi connectivity index (χ0) is 24.0. The molecule has 1 aliphatic rings. The molecule has 7 nitrogen and oxygen atoms in total. The number of thiophene rings is 1. The molecule has 1 N–H and O–H groups in total. The molecule has 4 aromatic rings. The standard InChI is InChI=1S/C27H31N5O2S/c1-33-21-10-8-20(9-11-21)22-18-35-27-25(22)26(29-19-30-27)28-12-5-13-31-14-16-32(17-15-31)23-6-3-4-7-24(23)34-2/h3-4,6-11,18-19H,5,12-17H2,1-2H3,(H,28,29,30). The van der Waals surface area contributed by atoms with Gasteiger partial charge in [-0.05, 0) is 42.8 Å². The number of benzene rings is 2. The van der Waals surface area contributed by atoms with Gasteiger partial charge in [0.25, 0.3) is 0 Å². The first-order valence-corrected chi connectivity index (χ1v) is 12.9. The van der Waals surface area contributed by atoms with Crippen molar-refractivity contribution in [2.45, 2.75) is 6.42 Å². The Balaban J connectivity index is 1.16. The van der Waals surface area contributed by atoms with Gasteiger partial charge in [-0.25, -0.2) is 9.97 Å². The molecule has 1 aliphatic heterocycles. The first-order chi connectivity index (χ1) is 17.3. The van der Waals surface area contributed by atoms with Gasteiger partial charge in [-0.3, -0.25) is 4.90 Å². The average molecular weight is 490 g/mol. The monoisotopic (exact) mass is 489 g/mol. The van der Waals surface area contributed by atoms with Gasteiger partial charge in [-0.1, -0.05) is 24.3 Å². The molecule has 0 bridgehead atoms. The lowest BCUT2D eigenvalue weighted by Gasteiger charge is -2.36. The van der Waals surface area contributed by atoms with Crippen LogP contribution in [0.25, 0.3) is 21.3 Å². The van der Waals surface area contributed by atoms with Crippen LogP contribution in [0.2, 0.25) is 0 Å². The number of para-hydroxylation sites is 2. The third-order valence-electron chi connectivity index (χ3n) is 6.51. The van der Waals surface area contributed by atoms with Crippen molar-refractivity contribution in [2.24, 2.45) is 0 Å². The number of hydrogen-bond donors (Lipinski definition) is 1. The van der Waals surface area contributed by atoms with Crippen molar-refractivity contribution in [2.75, 3.05) is 63.7 Å². The van der Waals surface area contributed by atoms with E-state index in [0.717, 1.165) is 84.3 Å². The van der Waals surface area contributed by atoms with Gasteiger partial charge in [0.15, 0.2) is 0 Å². The molecule has 0 aliphatic carbocycles. The molecule has 0 atom stereocenters. The van der Waals surface area contributed by atoms with Crippen molar-refractivity contribution < 1.29 is 9.47 Å². The lowest BCUT2D eigenvalue weighted by Crippen LogP contribution is -2.46. The average Bonchev–Trinajstić information content (AvgIpc) is 3.36. The molecular formula is C27H31N5O2S. The van der Waals surface area contributed by atoms with Crippen LogP contribution in [0.3, 0.4) is 0 Å². The quantitative estimate of drug-likeness (QED) is 0.332. The molecule has 8 heteroatoms. The smallest absolute Gasteiger partial charge is 0.142 e. The van der Waals surface area contributed by atoms with Gasteiger partial charge in [0, 0.05) is 43.7 Å². The zero-order valence-corrected chi connectivity index (χ0v) is 21.1. The highest BCUT2D eigenvalue weighted by Crippen LogP contribution is 2.37. The summed E-state index contributed by atoms with van der Waals surface area (Å²) >= 11 is 1.65. The van der Waals surface area contributed by atoms with Crippen LogP contribution >= 0.6 is 11.3 Å². The van der Waals surface area contributed by atoms with E-state index >= 15 is 0 Å². The van der Waals surface area contributed by atoms with Crippen LogP contribution in [-0.2, 0) is 0 Å². The highest BCUT2D eigenvalue weighted by Gasteiger charge is 2.19. The second-order valence-corrected chi connectivity index (χ2v) is 9.42. The molecule has 182 valence electrons. The van der Waals surface area contributed by atoms with Gasteiger partial charge in [-0.2, -0.15) is 0 Å². The number of nitrogens with one attached hydrogen (secondary N) is 1. The van der Waals surface area contributed by atoms with E-state index in [1.807, 2.05) is 24.3 Å². The number of piperazine rings is 1. The number of rotatable bonds is 9. The fourth-order valence-corrected chi connectivity index (χ4v) is 5.52. The van der Waals surface area contributed by atoms with E-state index in [1.54, 1.807) is 31.9 Å². The minimum Gasteiger partial charge on any atom is -0.497 e. The lowest BCUT2D eigenvalue weighted by atomic mass is 10.1. The number of nitrogens with zero attached hydrogens (tertiary/aromatic N) is 4. The maximum atomic E-state index is 5.54. The predicted octanol–water partition coefficient (Wildman–Crippen LogP) is 5.00. The number of methoxy groups -OCH3 is 2. The Morgan fingerprint density at radius 2 is 1.74 bits per heavy atom. The molecule has 1 saturated heterocycles. The highest BCUT2D eigenvalue weighted by molar-refractivity contribution is 7.17. The van der Waals surface area contributed by atoms with Crippen LogP contribution in [0, 0.1) is 0 Å². The summed E-state index contributed by atoms with van der Waals surface area (Å²) in [5.74, 6) is 2.71. The van der Waals surface area contributed by atoms with Crippen LogP contribution in [0.5, 0.6) is 11.5 Å². The maximum Gasteiger partial charge on any atom is 0.142 e. The Bertz CT molecular complexity index is 1250. The van der Waals surface area contributed by atoms with Gasteiger partial charge in [0.05, 0.1) is 25.3 Å². The number of ether oxygens (including phenoxy) is 2. The Labute approximate surface area is 210 Å². The maximum absolute atomic E-state index is 5.54. The van der Waals surface area contributed by atoms with Crippen molar-refractivity contribution in [1.29, 1.82) is 0 Å². The van der Waals surface area contributed by atoms with E-state index in [4.69, 9.17) is 9.47 Å². The lowest BCUT2D eigenvalue weighted by molar-refractivity contribution is 0.256. The van der Waals surface area contributed by atoms with Gasteiger partial charge in [0.2, 0.25) is 0 Å². The normalized spacial score (nSPS) is 14.3. The van der Waals surface area contributed by atoms with E-state index in [-0.39, 0.29) is 0 Å². The summed E-state index contributed by atoms with van der Waals surface area (Å²) in [6.45, 7) is 6.08. The van der Waals surface area contributed by atoms with Crippen LogP contribution in [0.15, 0.2) is 60.2 Å². The Morgan fingerprint density at radius 3 is 2.51 bits per heavy atom.